The van der Waals surface area contributed by atoms with E-state index >= 15 is 0 Å². The molecule has 0 spiro atoms. The average molecular weight is 439 g/mol. The van der Waals surface area contributed by atoms with Gasteiger partial charge in [-0.3, -0.25) is 14.3 Å². The molecule has 170 valence electrons. The molecule has 32 heavy (non-hydrogen) atoms. The van der Waals surface area contributed by atoms with Gasteiger partial charge in [0.1, 0.15) is 11.4 Å². The van der Waals surface area contributed by atoms with Crippen LogP contribution in [-0.2, 0) is 7.05 Å². The molecule has 1 amide bonds. The fraction of sp³-hybridized carbons (Fsp3) is 0.458. The highest BCUT2D eigenvalue weighted by molar-refractivity contribution is 6.04. The standard InChI is InChI=1S/C24H30N4O4/c1-14-10-9-13-18(21(14)31-5)22-15(2)19(26-32-22)23(29)25-20-16(3)27(4)28(24(20)30)17-11-7-6-8-12-17/h9-10,13,17H,6-8,11-12H2,1-5H3,(H,25,29). The molecule has 3 aromatic rings. The molecule has 0 atom stereocenters. The maximum absolute atomic E-state index is 13.2. The smallest absolute Gasteiger partial charge is 0.291 e. The van der Waals surface area contributed by atoms with E-state index in [1.54, 1.807) is 18.7 Å². The van der Waals surface area contributed by atoms with Crippen LogP contribution in [0.4, 0.5) is 5.69 Å². The van der Waals surface area contributed by atoms with Gasteiger partial charge >= 0.3 is 0 Å². The van der Waals surface area contributed by atoms with Gasteiger partial charge in [0, 0.05) is 12.6 Å². The molecule has 1 aliphatic rings. The van der Waals surface area contributed by atoms with E-state index in [-0.39, 0.29) is 17.3 Å². The van der Waals surface area contributed by atoms with E-state index < -0.39 is 5.91 Å². The lowest BCUT2D eigenvalue weighted by Crippen LogP contribution is -2.29. The number of carbonyl (C=O) groups excluding carboxylic acids is 1. The van der Waals surface area contributed by atoms with Gasteiger partial charge in [-0.15, -0.1) is 0 Å². The number of methoxy groups -OCH3 is 1. The van der Waals surface area contributed by atoms with Gasteiger partial charge in [0.25, 0.3) is 11.5 Å². The van der Waals surface area contributed by atoms with Crippen LogP contribution in [-0.4, -0.2) is 27.5 Å². The predicted octanol–water partition coefficient (Wildman–Crippen LogP) is 4.53. The predicted molar refractivity (Wildman–Crippen MR) is 122 cm³/mol. The summed E-state index contributed by atoms with van der Waals surface area (Å²) in [6.45, 7) is 5.56. The Kier molecular flexibility index (Phi) is 5.95. The van der Waals surface area contributed by atoms with Crippen LogP contribution in [0, 0.1) is 20.8 Å². The van der Waals surface area contributed by atoms with E-state index in [9.17, 15) is 9.59 Å². The lowest BCUT2D eigenvalue weighted by molar-refractivity contribution is 0.101. The van der Waals surface area contributed by atoms with E-state index in [0.717, 1.165) is 42.5 Å². The molecule has 0 unspecified atom stereocenters. The largest absolute Gasteiger partial charge is 0.496 e. The van der Waals surface area contributed by atoms with Crippen molar-refractivity contribution in [2.45, 2.75) is 58.9 Å². The molecule has 0 bridgehead atoms. The maximum atomic E-state index is 13.2. The molecule has 1 aromatic carbocycles. The van der Waals surface area contributed by atoms with Gasteiger partial charge in [0.15, 0.2) is 11.5 Å². The number of hydrogen-bond acceptors (Lipinski definition) is 5. The molecule has 2 aromatic heterocycles. The van der Waals surface area contributed by atoms with Crippen molar-refractivity contribution in [2.75, 3.05) is 12.4 Å². The molecule has 4 rings (SSSR count). The van der Waals surface area contributed by atoms with Gasteiger partial charge in [-0.2, -0.15) is 0 Å². The minimum Gasteiger partial charge on any atom is -0.496 e. The van der Waals surface area contributed by atoms with Crippen molar-refractivity contribution in [1.29, 1.82) is 0 Å². The quantitative estimate of drug-likeness (QED) is 0.632. The zero-order chi connectivity index (χ0) is 23.0. The van der Waals surface area contributed by atoms with Crippen molar-refractivity contribution >= 4 is 11.6 Å². The number of nitrogens with zero attached hydrogens (tertiary/aromatic N) is 3. The van der Waals surface area contributed by atoms with Crippen LogP contribution < -0.4 is 15.6 Å². The zero-order valence-electron chi connectivity index (χ0n) is 19.3. The molecule has 2 heterocycles. The van der Waals surface area contributed by atoms with E-state index in [0.29, 0.717) is 22.8 Å². The minimum absolute atomic E-state index is 0.149. The fourth-order valence-corrected chi connectivity index (χ4v) is 4.68. The number of nitrogens with one attached hydrogen (secondary N) is 1. The van der Waals surface area contributed by atoms with Crippen molar-refractivity contribution < 1.29 is 14.1 Å². The van der Waals surface area contributed by atoms with Crippen LogP contribution in [0.5, 0.6) is 5.75 Å². The Hall–Kier alpha value is -3.29. The summed E-state index contributed by atoms with van der Waals surface area (Å²) in [5, 5.41) is 6.81. The van der Waals surface area contributed by atoms with Crippen LogP contribution in [0.3, 0.4) is 0 Å². The maximum Gasteiger partial charge on any atom is 0.291 e. The van der Waals surface area contributed by atoms with Crippen molar-refractivity contribution in [3.05, 3.63) is 51.1 Å². The summed E-state index contributed by atoms with van der Waals surface area (Å²) in [6, 6.07) is 5.87. The van der Waals surface area contributed by atoms with Crippen molar-refractivity contribution in [1.82, 2.24) is 14.5 Å². The van der Waals surface area contributed by atoms with Gasteiger partial charge < -0.3 is 14.6 Å². The SMILES string of the molecule is COc1c(C)cccc1-c1onc(C(=O)Nc2c(C)n(C)n(C3CCCCC3)c2=O)c1C. The van der Waals surface area contributed by atoms with Crippen LogP contribution in [0.1, 0.15) is 65.5 Å². The third-order valence-electron chi connectivity index (χ3n) is 6.55. The summed E-state index contributed by atoms with van der Waals surface area (Å²) >= 11 is 0. The van der Waals surface area contributed by atoms with Crippen molar-refractivity contribution in [3.63, 3.8) is 0 Å². The Morgan fingerprint density at radius 3 is 2.59 bits per heavy atom. The van der Waals surface area contributed by atoms with E-state index in [1.807, 2.05) is 43.8 Å². The number of carbonyl (C=O) groups is 1. The van der Waals surface area contributed by atoms with Gasteiger partial charge in [-0.05, 0) is 45.2 Å². The van der Waals surface area contributed by atoms with Crippen LogP contribution in [0.15, 0.2) is 27.5 Å². The first-order chi connectivity index (χ1) is 15.3. The molecular weight excluding hydrogens is 408 g/mol. The lowest BCUT2D eigenvalue weighted by Gasteiger charge is -2.24. The first kappa shape index (κ1) is 21.9. The van der Waals surface area contributed by atoms with Crippen LogP contribution in [0.25, 0.3) is 11.3 Å². The highest BCUT2D eigenvalue weighted by Crippen LogP contribution is 2.36. The number of benzene rings is 1. The normalized spacial score (nSPS) is 14.5. The first-order valence-electron chi connectivity index (χ1n) is 11.0. The Balaban J connectivity index is 1.65. The molecule has 1 aliphatic carbocycles. The highest BCUT2D eigenvalue weighted by atomic mass is 16.5. The topological polar surface area (TPSA) is 91.3 Å². The number of aryl methyl sites for hydroxylation is 1. The molecule has 1 fully saturated rings. The summed E-state index contributed by atoms with van der Waals surface area (Å²) in [5.41, 5.74) is 3.26. The molecule has 8 nitrogen and oxygen atoms in total. The van der Waals surface area contributed by atoms with Gasteiger partial charge in [-0.25, -0.2) is 4.68 Å². The summed E-state index contributed by atoms with van der Waals surface area (Å²) in [5.74, 6) is 0.679. The number of ether oxygens (including phenoxy) is 1. The monoisotopic (exact) mass is 438 g/mol. The molecule has 0 radical (unpaired) electrons. The number of anilines is 1. The van der Waals surface area contributed by atoms with E-state index in [4.69, 9.17) is 9.26 Å². The fourth-order valence-electron chi connectivity index (χ4n) is 4.68. The Morgan fingerprint density at radius 1 is 1.19 bits per heavy atom. The molecule has 1 saturated carbocycles. The third-order valence-corrected chi connectivity index (χ3v) is 6.55. The molecule has 0 saturated heterocycles. The Bertz CT molecular complexity index is 1210. The minimum atomic E-state index is -0.467. The van der Waals surface area contributed by atoms with Crippen LogP contribution >= 0.6 is 0 Å². The molecule has 8 heteroatoms. The van der Waals surface area contributed by atoms with E-state index in [1.165, 1.54) is 6.42 Å². The molecule has 0 aliphatic heterocycles. The third kappa shape index (κ3) is 3.63. The average Bonchev–Trinajstić information content (AvgIpc) is 3.27. The summed E-state index contributed by atoms with van der Waals surface area (Å²) in [6.07, 6.45) is 5.40. The summed E-state index contributed by atoms with van der Waals surface area (Å²) in [4.78, 5) is 26.3. The van der Waals surface area contributed by atoms with Gasteiger partial charge in [0.2, 0.25) is 0 Å². The zero-order valence-corrected chi connectivity index (χ0v) is 19.3. The Morgan fingerprint density at radius 2 is 1.91 bits per heavy atom. The number of rotatable bonds is 5. The van der Waals surface area contributed by atoms with Crippen molar-refractivity contribution in [3.8, 4) is 17.1 Å². The number of para-hydroxylation sites is 1. The van der Waals surface area contributed by atoms with E-state index in [2.05, 4.69) is 10.5 Å². The second-order valence-electron chi connectivity index (χ2n) is 8.52. The summed E-state index contributed by atoms with van der Waals surface area (Å²) in [7, 11) is 3.46. The van der Waals surface area contributed by atoms with Gasteiger partial charge in [0.05, 0.1) is 24.4 Å². The second kappa shape index (κ2) is 8.68. The number of amides is 1. The Labute approximate surface area is 187 Å². The molecular formula is C24H30N4O4. The number of aromatic nitrogens is 3. The molecule has 1 N–H and O–H groups in total. The highest BCUT2D eigenvalue weighted by Gasteiger charge is 2.27. The number of hydrogen-bond donors (Lipinski definition) is 1. The first-order valence-corrected chi connectivity index (χ1v) is 11.0. The lowest BCUT2D eigenvalue weighted by atomic mass is 9.96. The van der Waals surface area contributed by atoms with Crippen molar-refractivity contribution in [2.24, 2.45) is 7.05 Å². The van der Waals surface area contributed by atoms with Crippen LogP contribution in [0.2, 0.25) is 0 Å². The van der Waals surface area contributed by atoms with Gasteiger partial charge in [-0.1, -0.05) is 36.6 Å². The second-order valence-corrected chi connectivity index (χ2v) is 8.52. The summed E-state index contributed by atoms with van der Waals surface area (Å²) < 4.78 is 14.7.